The second-order valence-electron chi connectivity index (χ2n) is 5.73. The van der Waals surface area contributed by atoms with Crippen molar-refractivity contribution >= 4 is 5.91 Å². The lowest BCUT2D eigenvalue weighted by Gasteiger charge is -2.34. The molecule has 1 atom stereocenters. The number of morpholine rings is 1. The minimum Gasteiger partial charge on any atom is -0.379 e. The zero-order valence-electron chi connectivity index (χ0n) is 13.6. The normalized spacial score (nSPS) is 16.4. The summed E-state index contributed by atoms with van der Waals surface area (Å²) in [4.78, 5) is 25.5. The fourth-order valence-corrected chi connectivity index (χ4v) is 2.78. The van der Waals surface area contributed by atoms with E-state index in [4.69, 9.17) is 4.74 Å². The Morgan fingerprint density at radius 3 is 2.60 bits per heavy atom. The van der Waals surface area contributed by atoms with Gasteiger partial charge in [-0.3, -0.25) is 14.5 Å². The third-order valence-electron chi connectivity index (χ3n) is 4.11. The molecule has 2 aromatic rings. The van der Waals surface area contributed by atoms with Gasteiger partial charge in [0, 0.05) is 25.7 Å². The van der Waals surface area contributed by atoms with E-state index >= 15 is 0 Å². The first-order chi connectivity index (χ1) is 12.1. The Balaban J connectivity index is 1.72. The molecule has 0 radical (unpaired) electrons. The number of halogens is 1. The van der Waals surface area contributed by atoms with E-state index in [1.807, 2.05) is 0 Å². The van der Waals surface area contributed by atoms with Crippen LogP contribution in [0.25, 0.3) is 0 Å². The number of rotatable bonds is 5. The van der Waals surface area contributed by atoms with E-state index in [2.05, 4.69) is 20.4 Å². The van der Waals surface area contributed by atoms with Gasteiger partial charge < -0.3 is 10.1 Å². The Labute approximate surface area is 143 Å². The van der Waals surface area contributed by atoms with Crippen LogP contribution in [0.2, 0.25) is 0 Å². The molecule has 7 nitrogen and oxygen atoms in total. The summed E-state index contributed by atoms with van der Waals surface area (Å²) < 4.78 is 18.6. The SMILES string of the molecule is O=C(NC[C@@H](c1ccc(F)cc1)N1CCOCC1)c1ccc(=O)[nH]n1. The average Bonchev–Trinajstić information content (AvgIpc) is 2.64. The van der Waals surface area contributed by atoms with Crippen LogP contribution in [0, 0.1) is 5.82 Å². The van der Waals surface area contributed by atoms with Crippen LogP contribution >= 0.6 is 0 Å². The van der Waals surface area contributed by atoms with Crippen molar-refractivity contribution in [2.24, 2.45) is 0 Å². The molecule has 132 valence electrons. The first-order valence-corrected chi connectivity index (χ1v) is 8.04. The Hall–Kier alpha value is -2.58. The number of aromatic nitrogens is 2. The number of hydrogen-bond acceptors (Lipinski definition) is 5. The molecule has 0 unspecified atom stereocenters. The first kappa shape index (κ1) is 17.2. The highest BCUT2D eigenvalue weighted by Crippen LogP contribution is 2.21. The number of nitrogens with zero attached hydrogens (tertiary/aromatic N) is 2. The maximum atomic E-state index is 13.2. The number of nitrogens with one attached hydrogen (secondary N) is 2. The van der Waals surface area contributed by atoms with Crippen molar-refractivity contribution in [2.75, 3.05) is 32.8 Å². The minimum atomic E-state index is -0.378. The molecule has 0 aliphatic carbocycles. The second kappa shape index (κ2) is 8.00. The molecule has 1 saturated heterocycles. The molecule has 8 heteroatoms. The van der Waals surface area contributed by atoms with Crippen molar-refractivity contribution in [3.05, 3.63) is 63.8 Å². The molecule has 1 aromatic carbocycles. The van der Waals surface area contributed by atoms with E-state index in [0.717, 1.165) is 18.7 Å². The highest BCUT2D eigenvalue weighted by Gasteiger charge is 2.23. The molecule has 0 spiro atoms. The number of carbonyl (C=O) groups excluding carboxylic acids is 1. The third-order valence-corrected chi connectivity index (χ3v) is 4.11. The summed E-state index contributed by atoms with van der Waals surface area (Å²) >= 11 is 0. The van der Waals surface area contributed by atoms with Gasteiger partial charge in [0.15, 0.2) is 0 Å². The molecule has 0 bridgehead atoms. The van der Waals surface area contributed by atoms with Crippen LogP contribution in [-0.4, -0.2) is 53.9 Å². The number of hydrogen-bond donors (Lipinski definition) is 2. The topological polar surface area (TPSA) is 87.3 Å². The van der Waals surface area contributed by atoms with E-state index in [9.17, 15) is 14.0 Å². The van der Waals surface area contributed by atoms with Gasteiger partial charge in [-0.15, -0.1) is 0 Å². The monoisotopic (exact) mass is 346 g/mol. The van der Waals surface area contributed by atoms with Gasteiger partial charge >= 0.3 is 0 Å². The number of H-pyrrole nitrogens is 1. The summed E-state index contributed by atoms with van der Waals surface area (Å²) in [5.74, 6) is -0.678. The maximum Gasteiger partial charge on any atom is 0.271 e. The maximum absolute atomic E-state index is 13.2. The second-order valence-corrected chi connectivity index (χ2v) is 5.73. The number of ether oxygens (including phenoxy) is 1. The minimum absolute atomic E-state index is 0.101. The van der Waals surface area contributed by atoms with Gasteiger partial charge in [0.05, 0.1) is 19.3 Å². The summed E-state index contributed by atoms with van der Waals surface area (Å²) in [5.41, 5.74) is 0.687. The Morgan fingerprint density at radius 2 is 1.96 bits per heavy atom. The Morgan fingerprint density at radius 1 is 1.24 bits per heavy atom. The van der Waals surface area contributed by atoms with Crippen molar-refractivity contribution in [3.63, 3.8) is 0 Å². The van der Waals surface area contributed by atoms with Crippen LogP contribution in [-0.2, 0) is 4.74 Å². The molecule has 1 amide bonds. The predicted octanol–water partition coefficient (Wildman–Crippen LogP) is 0.712. The van der Waals surface area contributed by atoms with Crippen LogP contribution in [0.1, 0.15) is 22.1 Å². The molecule has 2 heterocycles. The molecule has 1 aliphatic rings. The summed E-state index contributed by atoms with van der Waals surface area (Å²) in [6, 6.07) is 8.79. The molecular weight excluding hydrogens is 327 g/mol. The predicted molar refractivity (Wildman–Crippen MR) is 88.7 cm³/mol. The average molecular weight is 346 g/mol. The largest absolute Gasteiger partial charge is 0.379 e. The zero-order chi connectivity index (χ0) is 17.6. The molecule has 2 N–H and O–H groups in total. The Bertz CT molecular complexity index is 752. The van der Waals surface area contributed by atoms with Crippen LogP contribution in [0.5, 0.6) is 0 Å². The number of aromatic amines is 1. The van der Waals surface area contributed by atoms with Crippen LogP contribution in [0.4, 0.5) is 4.39 Å². The van der Waals surface area contributed by atoms with E-state index in [1.54, 1.807) is 12.1 Å². The number of benzene rings is 1. The summed E-state index contributed by atoms with van der Waals surface area (Å²) in [5, 5.41) is 8.78. The van der Waals surface area contributed by atoms with Crippen molar-refractivity contribution in [2.45, 2.75) is 6.04 Å². The summed E-state index contributed by atoms with van der Waals surface area (Å²) in [6.45, 7) is 3.04. The molecular formula is C17H19FN4O3. The lowest BCUT2D eigenvalue weighted by atomic mass is 10.0. The van der Waals surface area contributed by atoms with Gasteiger partial charge in [-0.05, 0) is 23.8 Å². The fourth-order valence-electron chi connectivity index (χ4n) is 2.78. The van der Waals surface area contributed by atoms with E-state index in [-0.39, 0.29) is 29.0 Å². The summed E-state index contributed by atoms with van der Waals surface area (Å²) in [6.07, 6.45) is 0. The van der Waals surface area contributed by atoms with Gasteiger partial charge in [0.2, 0.25) is 0 Å². The molecule has 25 heavy (non-hydrogen) atoms. The highest BCUT2D eigenvalue weighted by atomic mass is 19.1. The lowest BCUT2D eigenvalue weighted by molar-refractivity contribution is 0.0162. The van der Waals surface area contributed by atoms with Gasteiger partial charge in [0.25, 0.3) is 11.5 Å². The van der Waals surface area contributed by atoms with Crippen LogP contribution in [0.15, 0.2) is 41.2 Å². The standard InChI is InChI=1S/C17H19FN4O3/c18-13-3-1-12(2-4-13)15(22-7-9-25-10-8-22)11-19-17(24)14-5-6-16(23)21-20-14/h1-6,15H,7-11H2,(H,19,24)(H,21,23)/t15-/m0/s1. The zero-order valence-corrected chi connectivity index (χ0v) is 13.6. The van der Waals surface area contributed by atoms with E-state index in [0.29, 0.717) is 19.8 Å². The molecule has 1 fully saturated rings. The molecule has 3 rings (SSSR count). The third kappa shape index (κ3) is 4.49. The molecule has 1 aliphatic heterocycles. The van der Waals surface area contributed by atoms with E-state index in [1.165, 1.54) is 24.3 Å². The van der Waals surface area contributed by atoms with Gasteiger partial charge in [0.1, 0.15) is 11.5 Å². The number of amides is 1. The van der Waals surface area contributed by atoms with Crippen LogP contribution < -0.4 is 10.9 Å². The van der Waals surface area contributed by atoms with Crippen molar-refractivity contribution in [1.29, 1.82) is 0 Å². The molecule has 0 saturated carbocycles. The van der Waals surface area contributed by atoms with Gasteiger partial charge in [-0.1, -0.05) is 12.1 Å². The van der Waals surface area contributed by atoms with Crippen molar-refractivity contribution < 1.29 is 13.9 Å². The summed E-state index contributed by atoms with van der Waals surface area (Å²) in [7, 11) is 0. The molecule has 1 aromatic heterocycles. The fraction of sp³-hybridized carbons (Fsp3) is 0.353. The quantitative estimate of drug-likeness (QED) is 0.833. The van der Waals surface area contributed by atoms with Crippen LogP contribution in [0.3, 0.4) is 0 Å². The lowest BCUT2D eigenvalue weighted by Crippen LogP contribution is -2.44. The van der Waals surface area contributed by atoms with E-state index < -0.39 is 0 Å². The van der Waals surface area contributed by atoms with Gasteiger partial charge in [-0.25, -0.2) is 9.49 Å². The van der Waals surface area contributed by atoms with Crippen molar-refractivity contribution in [1.82, 2.24) is 20.4 Å². The number of carbonyl (C=O) groups is 1. The Kier molecular flexibility index (Phi) is 5.52. The smallest absolute Gasteiger partial charge is 0.271 e. The van der Waals surface area contributed by atoms with Gasteiger partial charge in [-0.2, -0.15) is 5.10 Å². The van der Waals surface area contributed by atoms with Crippen molar-refractivity contribution in [3.8, 4) is 0 Å². The first-order valence-electron chi connectivity index (χ1n) is 8.04. The highest BCUT2D eigenvalue weighted by molar-refractivity contribution is 5.91.